The Morgan fingerprint density at radius 2 is 1.92 bits per heavy atom. The SMILES string of the molecule is CCOc1cc(CN2CCC(Nc3ncnc4sc(C(=O)N5CCCC5)c(C)c34)CC2)ccc1OCCO. The predicted molar refractivity (Wildman–Crippen MR) is 149 cm³/mol. The Bertz CT molecular complexity index is 1250. The van der Waals surface area contributed by atoms with Crippen LogP contribution in [0.5, 0.6) is 11.5 Å². The minimum Gasteiger partial charge on any atom is -0.490 e. The van der Waals surface area contributed by atoms with Crippen LogP contribution < -0.4 is 14.8 Å². The molecule has 0 saturated carbocycles. The van der Waals surface area contributed by atoms with E-state index in [4.69, 9.17) is 14.6 Å². The van der Waals surface area contributed by atoms with E-state index >= 15 is 0 Å². The van der Waals surface area contributed by atoms with E-state index in [0.29, 0.717) is 18.4 Å². The summed E-state index contributed by atoms with van der Waals surface area (Å²) in [6, 6.07) is 6.35. The lowest BCUT2D eigenvalue weighted by Gasteiger charge is -2.32. The van der Waals surface area contributed by atoms with Crippen molar-refractivity contribution >= 4 is 33.3 Å². The molecule has 1 amide bonds. The molecule has 9 nitrogen and oxygen atoms in total. The van der Waals surface area contributed by atoms with Gasteiger partial charge in [-0.2, -0.15) is 0 Å². The van der Waals surface area contributed by atoms with Crippen LogP contribution in [-0.2, 0) is 6.54 Å². The van der Waals surface area contributed by atoms with Crippen molar-refractivity contribution in [2.75, 3.05) is 51.3 Å². The molecule has 2 fully saturated rings. The van der Waals surface area contributed by atoms with Crippen LogP contribution in [0.25, 0.3) is 10.2 Å². The molecule has 10 heteroatoms. The van der Waals surface area contributed by atoms with Crippen molar-refractivity contribution in [3.8, 4) is 11.5 Å². The van der Waals surface area contributed by atoms with Crippen molar-refractivity contribution in [1.82, 2.24) is 19.8 Å². The normalized spacial score (nSPS) is 16.8. The van der Waals surface area contributed by atoms with E-state index in [1.165, 1.54) is 16.9 Å². The second-order valence-corrected chi connectivity index (χ2v) is 10.9. The minimum absolute atomic E-state index is 0.0271. The molecule has 0 aliphatic carbocycles. The highest BCUT2D eigenvalue weighted by Gasteiger charge is 2.27. The third-order valence-electron chi connectivity index (χ3n) is 7.31. The van der Waals surface area contributed by atoms with E-state index in [9.17, 15) is 4.79 Å². The van der Waals surface area contributed by atoms with Gasteiger partial charge in [-0.05, 0) is 62.8 Å². The van der Waals surface area contributed by atoms with Crippen molar-refractivity contribution in [3.05, 3.63) is 40.5 Å². The molecule has 0 atom stereocenters. The van der Waals surface area contributed by atoms with Gasteiger partial charge in [0.2, 0.25) is 0 Å². The Labute approximate surface area is 227 Å². The van der Waals surface area contributed by atoms with Crippen molar-refractivity contribution in [2.24, 2.45) is 0 Å². The predicted octanol–water partition coefficient (Wildman–Crippen LogP) is 4.08. The summed E-state index contributed by atoms with van der Waals surface area (Å²) in [6.45, 7) is 9.23. The van der Waals surface area contributed by atoms with E-state index in [2.05, 4.69) is 26.3 Å². The van der Waals surface area contributed by atoms with Crippen molar-refractivity contribution in [2.45, 2.75) is 52.1 Å². The van der Waals surface area contributed by atoms with E-state index < -0.39 is 0 Å². The maximum absolute atomic E-state index is 13.1. The van der Waals surface area contributed by atoms with Crippen LogP contribution in [0, 0.1) is 6.92 Å². The van der Waals surface area contributed by atoms with Crippen molar-refractivity contribution in [1.29, 1.82) is 0 Å². The summed E-state index contributed by atoms with van der Waals surface area (Å²) >= 11 is 1.48. The maximum atomic E-state index is 13.1. The van der Waals surface area contributed by atoms with Crippen molar-refractivity contribution < 1.29 is 19.4 Å². The summed E-state index contributed by atoms with van der Waals surface area (Å²) in [5.74, 6) is 2.35. The van der Waals surface area contributed by atoms with Crippen molar-refractivity contribution in [3.63, 3.8) is 0 Å². The summed E-state index contributed by atoms with van der Waals surface area (Å²) in [5.41, 5.74) is 2.16. The number of ether oxygens (including phenoxy) is 2. The largest absolute Gasteiger partial charge is 0.490 e. The molecule has 1 aromatic carbocycles. The molecule has 5 rings (SSSR count). The van der Waals surface area contributed by atoms with E-state index in [1.54, 1.807) is 6.33 Å². The van der Waals surface area contributed by atoms with Crippen LogP contribution in [0.1, 0.15) is 53.4 Å². The van der Waals surface area contributed by atoms with Crippen LogP contribution in [0.15, 0.2) is 24.5 Å². The summed E-state index contributed by atoms with van der Waals surface area (Å²) in [7, 11) is 0. The third-order valence-corrected chi connectivity index (χ3v) is 8.49. The number of aliphatic hydroxyl groups excluding tert-OH is 1. The van der Waals surface area contributed by atoms with Gasteiger partial charge in [-0.1, -0.05) is 6.07 Å². The number of piperidine rings is 1. The molecule has 3 aromatic rings. The van der Waals surface area contributed by atoms with Crippen LogP contribution >= 0.6 is 11.3 Å². The monoisotopic (exact) mass is 539 g/mol. The molecule has 2 saturated heterocycles. The molecule has 38 heavy (non-hydrogen) atoms. The van der Waals surface area contributed by atoms with E-state index in [-0.39, 0.29) is 19.1 Å². The van der Waals surface area contributed by atoms with Gasteiger partial charge in [0.05, 0.1) is 23.5 Å². The number of nitrogens with zero attached hydrogens (tertiary/aromatic N) is 4. The zero-order valence-electron chi connectivity index (χ0n) is 22.2. The number of rotatable bonds is 10. The summed E-state index contributed by atoms with van der Waals surface area (Å²) in [4.78, 5) is 28.2. The average Bonchev–Trinajstić information content (AvgIpc) is 3.58. The number of fused-ring (bicyclic) bond motifs is 1. The number of amides is 1. The number of hydrogen-bond acceptors (Lipinski definition) is 9. The molecule has 204 valence electrons. The van der Waals surface area contributed by atoms with Gasteiger partial charge in [-0.3, -0.25) is 9.69 Å². The Balaban J connectivity index is 1.21. The molecule has 2 aromatic heterocycles. The quantitative estimate of drug-likeness (QED) is 0.398. The minimum atomic E-state index is -0.0271. The average molecular weight is 540 g/mol. The molecule has 4 heterocycles. The number of hydrogen-bond donors (Lipinski definition) is 2. The molecule has 0 spiro atoms. The van der Waals surface area contributed by atoms with Gasteiger partial charge in [0.15, 0.2) is 11.5 Å². The molecular weight excluding hydrogens is 502 g/mol. The molecular formula is C28H37N5O4S. The highest BCUT2D eigenvalue weighted by molar-refractivity contribution is 7.20. The number of aliphatic hydroxyl groups is 1. The lowest BCUT2D eigenvalue weighted by atomic mass is 10.0. The van der Waals surface area contributed by atoms with Crippen LogP contribution in [0.2, 0.25) is 0 Å². The van der Waals surface area contributed by atoms with Gasteiger partial charge < -0.3 is 24.8 Å². The first-order chi connectivity index (χ1) is 18.6. The number of carbonyl (C=O) groups is 1. The Morgan fingerprint density at radius 1 is 1.13 bits per heavy atom. The Hall–Kier alpha value is -2.95. The summed E-state index contributed by atoms with van der Waals surface area (Å²) in [6.07, 6.45) is 5.77. The number of aromatic nitrogens is 2. The van der Waals surface area contributed by atoms with Crippen LogP contribution in [0.3, 0.4) is 0 Å². The summed E-state index contributed by atoms with van der Waals surface area (Å²) in [5, 5.41) is 13.7. The van der Waals surface area contributed by atoms with Gasteiger partial charge in [-0.15, -0.1) is 11.3 Å². The van der Waals surface area contributed by atoms with Gasteiger partial charge >= 0.3 is 0 Å². The summed E-state index contributed by atoms with van der Waals surface area (Å²) < 4.78 is 11.4. The third kappa shape index (κ3) is 5.87. The van der Waals surface area contributed by atoms with E-state index in [1.807, 2.05) is 30.9 Å². The number of benzene rings is 1. The lowest BCUT2D eigenvalue weighted by Crippen LogP contribution is -2.38. The number of thiophene rings is 1. The second-order valence-electron chi connectivity index (χ2n) is 9.94. The highest BCUT2D eigenvalue weighted by atomic mass is 32.1. The number of likely N-dealkylation sites (tertiary alicyclic amines) is 2. The first kappa shape index (κ1) is 26.6. The van der Waals surface area contributed by atoms with Gasteiger partial charge in [-0.25, -0.2) is 9.97 Å². The smallest absolute Gasteiger partial charge is 0.264 e. The molecule has 0 radical (unpaired) electrons. The Morgan fingerprint density at radius 3 is 2.66 bits per heavy atom. The first-order valence-corrected chi connectivity index (χ1v) is 14.4. The first-order valence-electron chi connectivity index (χ1n) is 13.6. The van der Waals surface area contributed by atoms with Gasteiger partial charge in [0, 0.05) is 38.8 Å². The Kier molecular flexibility index (Phi) is 8.61. The molecule has 0 bridgehead atoms. The van der Waals surface area contributed by atoms with Gasteiger partial charge in [0.1, 0.15) is 23.6 Å². The molecule has 2 aliphatic rings. The number of aryl methyl sites for hydroxylation is 1. The van der Waals surface area contributed by atoms with Crippen LogP contribution in [-0.4, -0.2) is 82.8 Å². The molecule has 0 unspecified atom stereocenters. The molecule has 2 N–H and O–H groups in total. The van der Waals surface area contributed by atoms with Crippen LogP contribution in [0.4, 0.5) is 5.82 Å². The lowest BCUT2D eigenvalue weighted by molar-refractivity contribution is 0.0797. The fourth-order valence-electron chi connectivity index (χ4n) is 5.33. The topological polar surface area (TPSA) is 100 Å². The number of carbonyl (C=O) groups excluding carboxylic acids is 1. The zero-order chi connectivity index (χ0) is 26.5. The number of nitrogens with one attached hydrogen (secondary N) is 1. The fourth-order valence-corrected chi connectivity index (χ4v) is 6.45. The van der Waals surface area contributed by atoms with E-state index in [0.717, 1.165) is 90.6 Å². The number of anilines is 1. The maximum Gasteiger partial charge on any atom is 0.264 e. The standard InChI is InChI=1S/C28H37N5O4S/c1-3-36-23-16-20(6-7-22(23)37-15-14-34)17-32-12-8-21(9-13-32)31-26-24-19(2)25(38-27(24)30-18-29-26)28(35)33-10-4-5-11-33/h6-7,16,18,21,34H,3-5,8-15,17H2,1-2H3,(H,29,30,31). The van der Waals surface area contributed by atoms with Gasteiger partial charge in [0.25, 0.3) is 5.91 Å². The second kappa shape index (κ2) is 12.3. The zero-order valence-corrected chi connectivity index (χ0v) is 23.1. The molecule has 2 aliphatic heterocycles. The fraction of sp³-hybridized carbons (Fsp3) is 0.536. The highest BCUT2D eigenvalue weighted by Crippen LogP contribution is 2.35.